The van der Waals surface area contributed by atoms with E-state index in [9.17, 15) is 4.79 Å². The molecule has 2 rings (SSSR count). The van der Waals surface area contributed by atoms with Crippen LogP contribution in [-0.4, -0.2) is 43.4 Å². The summed E-state index contributed by atoms with van der Waals surface area (Å²) < 4.78 is 0. The second kappa shape index (κ2) is 8.49. The van der Waals surface area contributed by atoms with Crippen molar-refractivity contribution in [1.82, 2.24) is 4.90 Å². The first-order valence-corrected chi connectivity index (χ1v) is 9.16. The summed E-state index contributed by atoms with van der Waals surface area (Å²) >= 11 is 0. The molecule has 1 aromatic rings. The van der Waals surface area contributed by atoms with Gasteiger partial charge in [-0.25, -0.2) is 0 Å². The Hall–Kier alpha value is -1.35. The summed E-state index contributed by atoms with van der Waals surface area (Å²) in [4.78, 5) is 17.3. The average molecular weight is 316 g/mol. The number of carbonyl (C=O) groups excluding carboxylic acids is 1. The number of aryl methyl sites for hydroxylation is 1. The molecular formula is C20H32N2O. The third-order valence-corrected chi connectivity index (χ3v) is 5.02. The smallest absolute Gasteiger partial charge is 0.164 e. The van der Waals surface area contributed by atoms with Gasteiger partial charge in [-0.05, 0) is 69.8 Å². The van der Waals surface area contributed by atoms with E-state index >= 15 is 0 Å². The predicted molar refractivity (Wildman–Crippen MR) is 98.5 cm³/mol. The number of benzene rings is 1. The molecule has 1 fully saturated rings. The van der Waals surface area contributed by atoms with Gasteiger partial charge in [-0.3, -0.25) is 4.79 Å². The number of likely N-dealkylation sites (tertiary alicyclic amines) is 1. The van der Waals surface area contributed by atoms with Crippen molar-refractivity contribution in [1.29, 1.82) is 0 Å². The number of nitrogens with zero attached hydrogens (tertiary/aromatic N) is 2. The van der Waals surface area contributed by atoms with E-state index in [-0.39, 0.29) is 5.78 Å². The third kappa shape index (κ3) is 4.81. The van der Waals surface area contributed by atoms with Gasteiger partial charge < -0.3 is 9.80 Å². The highest BCUT2D eigenvalue weighted by Gasteiger charge is 2.17. The van der Waals surface area contributed by atoms with Crippen molar-refractivity contribution in [2.24, 2.45) is 5.92 Å². The van der Waals surface area contributed by atoms with Crippen LogP contribution in [0.3, 0.4) is 0 Å². The molecule has 1 aliphatic heterocycles. The van der Waals surface area contributed by atoms with E-state index in [1.54, 1.807) is 0 Å². The molecule has 0 amide bonds. The number of anilines is 1. The molecule has 1 heterocycles. The maximum atomic E-state index is 12.5. The zero-order valence-electron chi connectivity index (χ0n) is 15.3. The highest BCUT2D eigenvalue weighted by atomic mass is 16.1. The number of carbonyl (C=O) groups is 1. The van der Waals surface area contributed by atoms with Crippen molar-refractivity contribution < 1.29 is 4.79 Å². The Morgan fingerprint density at radius 1 is 1.30 bits per heavy atom. The van der Waals surface area contributed by atoms with Crippen LogP contribution in [0.2, 0.25) is 0 Å². The van der Waals surface area contributed by atoms with E-state index in [1.807, 2.05) is 6.07 Å². The van der Waals surface area contributed by atoms with Crippen molar-refractivity contribution in [3.05, 3.63) is 29.3 Å². The van der Waals surface area contributed by atoms with Gasteiger partial charge in [0.2, 0.25) is 0 Å². The minimum atomic E-state index is 0.275. The van der Waals surface area contributed by atoms with Gasteiger partial charge in [0.15, 0.2) is 5.78 Å². The summed E-state index contributed by atoms with van der Waals surface area (Å²) in [7, 11) is 0. The topological polar surface area (TPSA) is 23.6 Å². The van der Waals surface area contributed by atoms with Crippen molar-refractivity contribution in [2.75, 3.05) is 37.6 Å². The lowest BCUT2D eigenvalue weighted by molar-refractivity contribution is 0.0949. The molecule has 0 bridgehead atoms. The van der Waals surface area contributed by atoms with Gasteiger partial charge in [-0.2, -0.15) is 0 Å². The fourth-order valence-electron chi connectivity index (χ4n) is 3.64. The maximum Gasteiger partial charge on any atom is 0.164 e. The zero-order valence-corrected chi connectivity index (χ0v) is 15.3. The van der Waals surface area contributed by atoms with E-state index in [4.69, 9.17) is 0 Å². The van der Waals surface area contributed by atoms with Crippen LogP contribution in [0.1, 0.15) is 56.0 Å². The first-order chi connectivity index (χ1) is 11.0. The van der Waals surface area contributed by atoms with Gasteiger partial charge in [0.05, 0.1) is 0 Å². The summed E-state index contributed by atoms with van der Waals surface area (Å²) in [5.74, 6) is 1.05. The second-order valence-electron chi connectivity index (χ2n) is 6.89. The molecule has 1 unspecified atom stereocenters. The molecule has 1 atom stereocenters. The van der Waals surface area contributed by atoms with Gasteiger partial charge in [-0.1, -0.05) is 6.92 Å². The lowest BCUT2D eigenvalue weighted by atomic mass is 9.99. The molecule has 1 aromatic carbocycles. The molecule has 1 saturated heterocycles. The van der Waals surface area contributed by atoms with Gasteiger partial charge >= 0.3 is 0 Å². The van der Waals surface area contributed by atoms with E-state index in [0.29, 0.717) is 6.42 Å². The predicted octanol–water partition coefficient (Wildman–Crippen LogP) is 4.15. The number of piperidine rings is 1. The van der Waals surface area contributed by atoms with Crippen LogP contribution in [0.15, 0.2) is 18.2 Å². The number of hydrogen-bond acceptors (Lipinski definition) is 3. The molecular weight excluding hydrogens is 284 g/mol. The number of ketones is 1. The molecule has 0 saturated carbocycles. The summed E-state index contributed by atoms with van der Waals surface area (Å²) in [5.41, 5.74) is 3.31. The Bertz CT molecular complexity index is 522. The van der Waals surface area contributed by atoms with Crippen molar-refractivity contribution in [3.8, 4) is 0 Å². The third-order valence-electron chi connectivity index (χ3n) is 5.02. The number of hydrogen-bond donors (Lipinski definition) is 0. The van der Waals surface area contributed by atoms with Gasteiger partial charge in [0, 0.05) is 43.9 Å². The van der Waals surface area contributed by atoms with Gasteiger partial charge in [0.1, 0.15) is 0 Å². The van der Waals surface area contributed by atoms with Crippen LogP contribution in [-0.2, 0) is 0 Å². The Morgan fingerprint density at radius 2 is 2.04 bits per heavy atom. The summed E-state index contributed by atoms with van der Waals surface area (Å²) in [5, 5.41) is 0. The van der Waals surface area contributed by atoms with E-state index in [1.165, 1.54) is 24.1 Å². The lowest BCUT2D eigenvalue weighted by Gasteiger charge is -2.30. The summed E-state index contributed by atoms with van der Waals surface area (Å²) in [6.45, 7) is 13.9. The average Bonchev–Trinajstić information content (AvgIpc) is 2.55. The lowest BCUT2D eigenvalue weighted by Crippen LogP contribution is -2.35. The highest BCUT2D eigenvalue weighted by Crippen LogP contribution is 2.22. The minimum absolute atomic E-state index is 0.275. The molecule has 0 spiro atoms. The Kier molecular flexibility index (Phi) is 6.64. The van der Waals surface area contributed by atoms with Crippen LogP contribution < -0.4 is 4.90 Å². The van der Waals surface area contributed by atoms with Crippen molar-refractivity contribution >= 4 is 11.5 Å². The molecule has 1 aliphatic rings. The number of rotatable bonds is 7. The first kappa shape index (κ1) is 18.0. The summed E-state index contributed by atoms with van der Waals surface area (Å²) in [6.07, 6.45) is 3.24. The second-order valence-corrected chi connectivity index (χ2v) is 6.89. The van der Waals surface area contributed by atoms with Gasteiger partial charge in [0.25, 0.3) is 0 Å². The van der Waals surface area contributed by atoms with Crippen LogP contribution in [0, 0.1) is 12.8 Å². The van der Waals surface area contributed by atoms with Crippen LogP contribution in [0.4, 0.5) is 5.69 Å². The SMILES string of the molecule is CCN(CC)c1ccc(C(=O)CCN2CCCC(C)C2)cc1C. The van der Waals surface area contributed by atoms with E-state index in [2.05, 4.69) is 49.6 Å². The van der Waals surface area contributed by atoms with E-state index < -0.39 is 0 Å². The Labute approximate surface area is 141 Å². The molecule has 0 N–H and O–H groups in total. The Balaban J connectivity index is 1.95. The zero-order chi connectivity index (χ0) is 16.8. The molecule has 128 valence electrons. The maximum absolute atomic E-state index is 12.5. The number of Topliss-reactive ketones (excluding diaryl/α,β-unsaturated/α-hetero) is 1. The normalized spacial score (nSPS) is 18.9. The fourth-order valence-corrected chi connectivity index (χ4v) is 3.64. The molecule has 3 nitrogen and oxygen atoms in total. The van der Waals surface area contributed by atoms with Gasteiger partial charge in [-0.15, -0.1) is 0 Å². The molecule has 0 aromatic heterocycles. The fraction of sp³-hybridized carbons (Fsp3) is 0.650. The van der Waals surface area contributed by atoms with E-state index in [0.717, 1.165) is 44.2 Å². The van der Waals surface area contributed by atoms with Crippen LogP contribution in [0.25, 0.3) is 0 Å². The minimum Gasteiger partial charge on any atom is -0.372 e. The standard InChI is InChI=1S/C20H32N2O/c1-5-22(6-2)19-10-9-18(14-17(19)4)20(23)11-13-21-12-7-8-16(3)15-21/h9-10,14,16H,5-8,11-13,15H2,1-4H3. The molecule has 23 heavy (non-hydrogen) atoms. The quantitative estimate of drug-likeness (QED) is 0.706. The van der Waals surface area contributed by atoms with Crippen molar-refractivity contribution in [2.45, 2.75) is 47.0 Å². The monoisotopic (exact) mass is 316 g/mol. The highest BCUT2D eigenvalue weighted by molar-refractivity contribution is 5.96. The first-order valence-electron chi connectivity index (χ1n) is 9.16. The molecule has 3 heteroatoms. The van der Waals surface area contributed by atoms with Crippen molar-refractivity contribution in [3.63, 3.8) is 0 Å². The van der Waals surface area contributed by atoms with Crippen LogP contribution in [0.5, 0.6) is 0 Å². The molecule has 0 radical (unpaired) electrons. The molecule has 0 aliphatic carbocycles. The summed E-state index contributed by atoms with van der Waals surface area (Å²) in [6, 6.07) is 6.18. The Morgan fingerprint density at radius 3 is 2.65 bits per heavy atom. The largest absolute Gasteiger partial charge is 0.372 e. The van der Waals surface area contributed by atoms with Crippen LogP contribution >= 0.6 is 0 Å².